The van der Waals surface area contributed by atoms with E-state index in [1.54, 1.807) is 6.92 Å². The topological polar surface area (TPSA) is 38.7 Å². The maximum atomic E-state index is 9.03. The van der Waals surface area contributed by atoms with Gasteiger partial charge in [-0.1, -0.05) is 6.07 Å². The Morgan fingerprint density at radius 1 is 1.29 bits per heavy atom. The summed E-state index contributed by atoms with van der Waals surface area (Å²) in [6.07, 6.45) is -0.453. The molecule has 3 heteroatoms. The standard InChI is InChI=1S/C11H16O3/c1-3-13-10-5-4-6-11(7-10)14-8-9(2)12/h4-7,9,12H,3,8H2,1-2H3. The Labute approximate surface area is 84.3 Å². The predicted octanol–water partition coefficient (Wildman–Crippen LogP) is 1.84. The zero-order valence-electron chi connectivity index (χ0n) is 8.56. The van der Waals surface area contributed by atoms with Gasteiger partial charge in [-0.15, -0.1) is 0 Å². The van der Waals surface area contributed by atoms with Crippen molar-refractivity contribution in [2.75, 3.05) is 13.2 Å². The molecule has 0 saturated heterocycles. The Morgan fingerprint density at radius 2 is 1.93 bits per heavy atom. The summed E-state index contributed by atoms with van der Waals surface area (Å²) < 4.78 is 10.6. The molecule has 0 bridgehead atoms. The van der Waals surface area contributed by atoms with Crippen molar-refractivity contribution in [3.8, 4) is 11.5 Å². The maximum absolute atomic E-state index is 9.03. The minimum absolute atomic E-state index is 0.301. The number of hydrogen-bond acceptors (Lipinski definition) is 3. The van der Waals surface area contributed by atoms with Crippen LogP contribution in [-0.4, -0.2) is 24.4 Å². The lowest BCUT2D eigenvalue weighted by atomic mass is 10.3. The first-order valence-corrected chi connectivity index (χ1v) is 4.76. The lowest BCUT2D eigenvalue weighted by Crippen LogP contribution is -2.12. The lowest BCUT2D eigenvalue weighted by molar-refractivity contribution is 0.122. The first-order valence-electron chi connectivity index (χ1n) is 4.76. The Hall–Kier alpha value is -1.22. The number of aliphatic hydroxyl groups excluding tert-OH is 1. The summed E-state index contributed by atoms with van der Waals surface area (Å²) in [5.41, 5.74) is 0. The van der Waals surface area contributed by atoms with Gasteiger partial charge in [0, 0.05) is 6.07 Å². The average Bonchev–Trinajstić information content (AvgIpc) is 2.16. The molecule has 0 radical (unpaired) electrons. The molecule has 0 spiro atoms. The minimum Gasteiger partial charge on any atom is -0.494 e. The monoisotopic (exact) mass is 196 g/mol. The first kappa shape index (κ1) is 10.9. The van der Waals surface area contributed by atoms with Crippen LogP contribution in [0.1, 0.15) is 13.8 Å². The molecule has 0 aliphatic rings. The summed E-state index contributed by atoms with van der Waals surface area (Å²) in [5, 5.41) is 9.03. The highest BCUT2D eigenvalue weighted by atomic mass is 16.5. The van der Waals surface area contributed by atoms with Crippen molar-refractivity contribution in [3.63, 3.8) is 0 Å². The summed E-state index contributed by atoms with van der Waals surface area (Å²) >= 11 is 0. The molecular formula is C11H16O3. The van der Waals surface area contributed by atoms with E-state index >= 15 is 0 Å². The Morgan fingerprint density at radius 3 is 2.50 bits per heavy atom. The number of hydrogen-bond donors (Lipinski definition) is 1. The van der Waals surface area contributed by atoms with Crippen LogP contribution in [0.4, 0.5) is 0 Å². The maximum Gasteiger partial charge on any atom is 0.123 e. The fraction of sp³-hybridized carbons (Fsp3) is 0.455. The molecule has 1 aromatic rings. The van der Waals surface area contributed by atoms with E-state index in [2.05, 4.69) is 0 Å². The SMILES string of the molecule is CCOc1cccc(OCC(C)O)c1. The molecule has 1 unspecified atom stereocenters. The van der Waals surface area contributed by atoms with Crippen LogP contribution in [0.25, 0.3) is 0 Å². The van der Waals surface area contributed by atoms with Crippen LogP contribution < -0.4 is 9.47 Å². The second kappa shape index (κ2) is 5.50. The van der Waals surface area contributed by atoms with E-state index in [0.29, 0.717) is 13.2 Å². The lowest BCUT2D eigenvalue weighted by Gasteiger charge is -2.09. The summed E-state index contributed by atoms with van der Waals surface area (Å²) in [5.74, 6) is 1.51. The third-order valence-electron chi connectivity index (χ3n) is 1.61. The van der Waals surface area contributed by atoms with E-state index in [0.717, 1.165) is 11.5 Å². The highest BCUT2D eigenvalue weighted by molar-refractivity contribution is 5.32. The molecule has 0 aliphatic carbocycles. The molecule has 0 aromatic heterocycles. The molecule has 3 nitrogen and oxygen atoms in total. The summed E-state index contributed by atoms with van der Waals surface area (Å²) in [6, 6.07) is 7.39. The van der Waals surface area contributed by atoms with Gasteiger partial charge in [0.2, 0.25) is 0 Å². The van der Waals surface area contributed by atoms with Gasteiger partial charge in [-0.25, -0.2) is 0 Å². The Kier molecular flexibility index (Phi) is 4.26. The van der Waals surface area contributed by atoms with Crippen LogP contribution in [0, 0.1) is 0 Å². The van der Waals surface area contributed by atoms with Gasteiger partial charge < -0.3 is 14.6 Å². The second-order valence-corrected chi connectivity index (χ2v) is 3.07. The van der Waals surface area contributed by atoms with Gasteiger partial charge in [0.25, 0.3) is 0 Å². The van der Waals surface area contributed by atoms with Gasteiger partial charge in [-0.3, -0.25) is 0 Å². The molecule has 0 aliphatic heterocycles. The second-order valence-electron chi connectivity index (χ2n) is 3.07. The van der Waals surface area contributed by atoms with Crippen LogP contribution in [0.3, 0.4) is 0 Å². The molecule has 0 heterocycles. The average molecular weight is 196 g/mol. The zero-order chi connectivity index (χ0) is 10.4. The van der Waals surface area contributed by atoms with Gasteiger partial charge in [0.05, 0.1) is 12.7 Å². The van der Waals surface area contributed by atoms with E-state index in [1.165, 1.54) is 0 Å². The van der Waals surface area contributed by atoms with E-state index < -0.39 is 6.10 Å². The molecule has 78 valence electrons. The third kappa shape index (κ3) is 3.66. The van der Waals surface area contributed by atoms with Crippen LogP contribution >= 0.6 is 0 Å². The van der Waals surface area contributed by atoms with Gasteiger partial charge in [0.15, 0.2) is 0 Å². The molecule has 1 N–H and O–H groups in total. The van der Waals surface area contributed by atoms with Gasteiger partial charge in [-0.2, -0.15) is 0 Å². The zero-order valence-corrected chi connectivity index (χ0v) is 8.56. The normalized spacial score (nSPS) is 12.2. The molecule has 1 rings (SSSR count). The molecule has 0 amide bonds. The van der Waals surface area contributed by atoms with E-state index in [-0.39, 0.29) is 0 Å². The van der Waals surface area contributed by atoms with E-state index in [1.807, 2.05) is 31.2 Å². The molecule has 0 saturated carbocycles. The fourth-order valence-corrected chi connectivity index (χ4v) is 1.04. The van der Waals surface area contributed by atoms with E-state index in [9.17, 15) is 0 Å². The van der Waals surface area contributed by atoms with E-state index in [4.69, 9.17) is 14.6 Å². The van der Waals surface area contributed by atoms with Crippen molar-refractivity contribution in [1.29, 1.82) is 0 Å². The van der Waals surface area contributed by atoms with Crippen molar-refractivity contribution in [2.24, 2.45) is 0 Å². The largest absolute Gasteiger partial charge is 0.494 e. The number of aliphatic hydroxyl groups is 1. The van der Waals surface area contributed by atoms with Crippen molar-refractivity contribution in [3.05, 3.63) is 24.3 Å². The van der Waals surface area contributed by atoms with Gasteiger partial charge in [-0.05, 0) is 26.0 Å². The summed E-state index contributed by atoms with van der Waals surface area (Å²) in [4.78, 5) is 0. The summed E-state index contributed by atoms with van der Waals surface area (Å²) in [7, 11) is 0. The summed E-state index contributed by atoms with van der Waals surface area (Å²) in [6.45, 7) is 4.56. The van der Waals surface area contributed by atoms with Crippen molar-refractivity contribution < 1.29 is 14.6 Å². The molecular weight excluding hydrogens is 180 g/mol. The quantitative estimate of drug-likeness (QED) is 0.781. The van der Waals surface area contributed by atoms with Gasteiger partial charge in [0.1, 0.15) is 18.1 Å². The molecule has 1 aromatic carbocycles. The Balaban J connectivity index is 2.54. The fourth-order valence-electron chi connectivity index (χ4n) is 1.04. The number of ether oxygens (including phenoxy) is 2. The molecule has 1 atom stereocenters. The highest BCUT2D eigenvalue weighted by Gasteiger charge is 1.99. The van der Waals surface area contributed by atoms with Crippen LogP contribution in [-0.2, 0) is 0 Å². The Bertz CT molecular complexity index is 271. The number of rotatable bonds is 5. The van der Waals surface area contributed by atoms with Crippen LogP contribution in [0.5, 0.6) is 11.5 Å². The first-order chi connectivity index (χ1) is 6.72. The van der Waals surface area contributed by atoms with Crippen LogP contribution in [0.15, 0.2) is 24.3 Å². The van der Waals surface area contributed by atoms with Crippen molar-refractivity contribution >= 4 is 0 Å². The molecule has 0 fully saturated rings. The smallest absolute Gasteiger partial charge is 0.123 e. The van der Waals surface area contributed by atoms with Gasteiger partial charge >= 0.3 is 0 Å². The number of benzene rings is 1. The van der Waals surface area contributed by atoms with Crippen molar-refractivity contribution in [1.82, 2.24) is 0 Å². The molecule has 14 heavy (non-hydrogen) atoms. The van der Waals surface area contributed by atoms with Crippen LogP contribution in [0.2, 0.25) is 0 Å². The van der Waals surface area contributed by atoms with Crippen molar-refractivity contribution in [2.45, 2.75) is 20.0 Å². The highest BCUT2D eigenvalue weighted by Crippen LogP contribution is 2.19. The minimum atomic E-state index is -0.453. The third-order valence-corrected chi connectivity index (χ3v) is 1.61. The predicted molar refractivity (Wildman–Crippen MR) is 54.8 cm³/mol.